The quantitative estimate of drug-likeness (QED) is 0.777. The monoisotopic (exact) mass is 437 g/mol. The third kappa shape index (κ3) is 4.42. The number of rotatable bonds is 4. The van der Waals surface area contributed by atoms with E-state index in [9.17, 15) is 14.0 Å². The molecule has 3 aliphatic rings. The molecule has 3 atom stereocenters. The average Bonchev–Trinajstić information content (AvgIpc) is 3.00. The van der Waals surface area contributed by atoms with Crippen molar-refractivity contribution in [2.45, 2.75) is 69.6 Å². The molecule has 1 N–H and O–H groups in total. The van der Waals surface area contributed by atoms with Crippen LogP contribution in [0.1, 0.15) is 55.8 Å². The van der Waals surface area contributed by atoms with Gasteiger partial charge in [0.1, 0.15) is 5.82 Å². The summed E-state index contributed by atoms with van der Waals surface area (Å²) < 4.78 is 19.3. The lowest BCUT2D eigenvalue weighted by Gasteiger charge is -2.45. The molecule has 0 aromatic heterocycles. The van der Waals surface area contributed by atoms with Gasteiger partial charge in [-0.15, -0.1) is 0 Å². The van der Waals surface area contributed by atoms with Crippen LogP contribution in [0.5, 0.6) is 0 Å². The molecule has 6 nitrogen and oxygen atoms in total. The van der Waals surface area contributed by atoms with Gasteiger partial charge in [0, 0.05) is 35.7 Å². The molecule has 2 amide bonds. The zero-order chi connectivity index (χ0) is 21.3. The molecule has 1 aromatic carbocycles. The van der Waals surface area contributed by atoms with Crippen LogP contribution in [0.25, 0.3) is 0 Å². The lowest BCUT2D eigenvalue weighted by Crippen LogP contribution is -2.56. The van der Waals surface area contributed by atoms with Crippen LogP contribution in [0.4, 0.5) is 9.18 Å². The fourth-order valence-corrected chi connectivity index (χ4v) is 5.51. The molecular weight excluding hydrogens is 409 g/mol. The minimum Gasteiger partial charge on any atom is -0.450 e. The highest BCUT2D eigenvalue weighted by atomic mass is 35.5. The summed E-state index contributed by atoms with van der Waals surface area (Å²) in [6.07, 6.45) is 5.62. The number of carbonyl (C=O) groups is 2. The van der Waals surface area contributed by atoms with Gasteiger partial charge in [-0.25, -0.2) is 9.18 Å². The predicted molar refractivity (Wildman–Crippen MR) is 112 cm³/mol. The van der Waals surface area contributed by atoms with E-state index in [1.807, 2.05) is 11.8 Å². The van der Waals surface area contributed by atoms with Crippen molar-refractivity contribution < 1.29 is 18.7 Å². The Kier molecular flexibility index (Phi) is 6.48. The molecule has 164 valence electrons. The van der Waals surface area contributed by atoms with Crippen LogP contribution in [0.2, 0.25) is 5.02 Å². The van der Waals surface area contributed by atoms with Gasteiger partial charge in [0.05, 0.1) is 12.2 Å². The number of amides is 2. The Morgan fingerprint density at radius 2 is 1.93 bits per heavy atom. The van der Waals surface area contributed by atoms with Gasteiger partial charge in [0.15, 0.2) is 0 Å². The summed E-state index contributed by atoms with van der Waals surface area (Å²) in [6, 6.07) is 4.88. The Balaban J connectivity index is 1.36. The lowest BCUT2D eigenvalue weighted by molar-refractivity contribution is 0.0309. The maximum absolute atomic E-state index is 14.0. The molecule has 0 saturated carbocycles. The van der Waals surface area contributed by atoms with Crippen molar-refractivity contribution >= 4 is 23.6 Å². The Morgan fingerprint density at radius 1 is 1.20 bits per heavy atom. The fourth-order valence-electron chi connectivity index (χ4n) is 5.33. The standard InChI is InChI=1S/C22H29ClFN3O3/c1-2-30-22(29)27-16-6-7-17(27)12-18(11-16)26-9-3-4-15(13-26)25-21(28)19-10-14(23)5-8-20(19)24/h5,8,10,15-18H,2-4,6-7,9,11-13H2,1H3,(H,25,28)/t15-,16?,17?,18?/m1/s1. The zero-order valence-electron chi connectivity index (χ0n) is 17.3. The SMILES string of the molecule is CCOC(=O)N1C2CCC1CC(N1CCC[C@@H](NC(=O)c3cc(Cl)ccc3F)C1)C2. The number of nitrogens with zero attached hydrogens (tertiary/aromatic N) is 2. The smallest absolute Gasteiger partial charge is 0.410 e. The first kappa shape index (κ1) is 21.4. The highest BCUT2D eigenvalue weighted by molar-refractivity contribution is 6.31. The topological polar surface area (TPSA) is 61.9 Å². The number of likely N-dealkylation sites (tertiary alicyclic amines) is 1. The Labute approximate surface area is 181 Å². The van der Waals surface area contributed by atoms with Crippen LogP contribution in [0.15, 0.2) is 18.2 Å². The van der Waals surface area contributed by atoms with Gasteiger partial charge in [-0.2, -0.15) is 0 Å². The Hall–Kier alpha value is -1.86. The van der Waals surface area contributed by atoms with E-state index in [4.69, 9.17) is 16.3 Å². The van der Waals surface area contributed by atoms with Gasteiger partial charge in [0.2, 0.25) is 0 Å². The maximum atomic E-state index is 14.0. The number of piperidine rings is 2. The van der Waals surface area contributed by atoms with Gasteiger partial charge in [-0.05, 0) is 70.2 Å². The predicted octanol–water partition coefficient (Wildman–Crippen LogP) is 3.83. The molecular formula is C22H29ClFN3O3. The molecule has 2 bridgehead atoms. The minimum atomic E-state index is -0.563. The maximum Gasteiger partial charge on any atom is 0.410 e. The summed E-state index contributed by atoms with van der Waals surface area (Å²) in [5, 5.41) is 3.33. The van der Waals surface area contributed by atoms with E-state index in [1.54, 1.807) is 0 Å². The van der Waals surface area contributed by atoms with E-state index in [0.29, 0.717) is 17.7 Å². The molecule has 1 aromatic rings. The Morgan fingerprint density at radius 3 is 2.63 bits per heavy atom. The van der Waals surface area contributed by atoms with E-state index in [1.165, 1.54) is 18.2 Å². The van der Waals surface area contributed by atoms with Crippen molar-refractivity contribution in [1.29, 1.82) is 0 Å². The average molecular weight is 438 g/mol. The number of benzene rings is 1. The van der Waals surface area contributed by atoms with Crippen molar-refractivity contribution in [2.24, 2.45) is 0 Å². The van der Waals surface area contributed by atoms with Crippen LogP contribution in [0, 0.1) is 5.82 Å². The number of fused-ring (bicyclic) bond motifs is 2. The molecule has 0 aliphatic carbocycles. The minimum absolute atomic E-state index is 0.0135. The largest absolute Gasteiger partial charge is 0.450 e. The van der Waals surface area contributed by atoms with Gasteiger partial charge in [-0.3, -0.25) is 9.69 Å². The van der Waals surface area contributed by atoms with E-state index in [0.717, 1.165) is 51.6 Å². The summed E-state index contributed by atoms with van der Waals surface area (Å²) in [6.45, 7) is 3.97. The number of ether oxygens (including phenoxy) is 1. The lowest BCUT2D eigenvalue weighted by atomic mass is 9.93. The number of nitrogens with one attached hydrogen (secondary N) is 1. The molecule has 3 heterocycles. The molecule has 4 rings (SSSR count). The van der Waals surface area contributed by atoms with Crippen LogP contribution in [-0.4, -0.2) is 65.7 Å². The van der Waals surface area contributed by atoms with Crippen LogP contribution in [0.3, 0.4) is 0 Å². The second kappa shape index (κ2) is 9.10. The van der Waals surface area contributed by atoms with E-state index < -0.39 is 11.7 Å². The first-order valence-electron chi connectivity index (χ1n) is 10.9. The summed E-state index contributed by atoms with van der Waals surface area (Å²) in [5.74, 6) is -0.980. The fraction of sp³-hybridized carbons (Fsp3) is 0.636. The van der Waals surface area contributed by atoms with Gasteiger partial charge in [0.25, 0.3) is 5.91 Å². The molecule has 0 spiro atoms. The Bertz CT molecular complexity index is 794. The van der Waals surface area contributed by atoms with Gasteiger partial charge in [-0.1, -0.05) is 11.6 Å². The van der Waals surface area contributed by atoms with E-state index in [2.05, 4.69) is 10.2 Å². The second-order valence-corrected chi connectivity index (χ2v) is 8.98. The second-order valence-electron chi connectivity index (χ2n) is 8.55. The van der Waals surface area contributed by atoms with Crippen molar-refractivity contribution in [3.05, 3.63) is 34.6 Å². The highest BCUT2D eigenvalue weighted by Gasteiger charge is 2.45. The number of halogens is 2. The van der Waals surface area contributed by atoms with Crippen LogP contribution in [-0.2, 0) is 4.74 Å². The third-order valence-corrected chi connectivity index (χ3v) is 6.90. The molecule has 3 fully saturated rings. The molecule has 3 aliphatic heterocycles. The third-order valence-electron chi connectivity index (χ3n) is 6.66. The number of hydrogen-bond donors (Lipinski definition) is 1. The van der Waals surface area contributed by atoms with Gasteiger partial charge >= 0.3 is 6.09 Å². The summed E-state index contributed by atoms with van der Waals surface area (Å²) in [5.41, 5.74) is -0.0135. The number of carbonyl (C=O) groups excluding carboxylic acids is 2. The zero-order valence-corrected chi connectivity index (χ0v) is 18.0. The molecule has 3 saturated heterocycles. The molecule has 0 radical (unpaired) electrons. The summed E-state index contributed by atoms with van der Waals surface area (Å²) in [7, 11) is 0. The summed E-state index contributed by atoms with van der Waals surface area (Å²) >= 11 is 5.92. The summed E-state index contributed by atoms with van der Waals surface area (Å²) in [4.78, 5) is 29.3. The first-order valence-corrected chi connectivity index (χ1v) is 11.3. The van der Waals surface area contributed by atoms with Crippen molar-refractivity contribution in [3.63, 3.8) is 0 Å². The van der Waals surface area contributed by atoms with Crippen molar-refractivity contribution in [1.82, 2.24) is 15.1 Å². The van der Waals surface area contributed by atoms with E-state index in [-0.39, 0.29) is 29.8 Å². The molecule has 8 heteroatoms. The first-order chi connectivity index (χ1) is 14.5. The van der Waals surface area contributed by atoms with E-state index >= 15 is 0 Å². The normalized spacial score (nSPS) is 29.0. The number of hydrogen-bond acceptors (Lipinski definition) is 4. The molecule has 30 heavy (non-hydrogen) atoms. The van der Waals surface area contributed by atoms with Crippen LogP contribution >= 0.6 is 11.6 Å². The highest BCUT2D eigenvalue weighted by Crippen LogP contribution is 2.38. The van der Waals surface area contributed by atoms with Crippen molar-refractivity contribution in [2.75, 3.05) is 19.7 Å². The molecule has 2 unspecified atom stereocenters. The van der Waals surface area contributed by atoms with Crippen molar-refractivity contribution in [3.8, 4) is 0 Å². The van der Waals surface area contributed by atoms with Crippen LogP contribution < -0.4 is 5.32 Å². The van der Waals surface area contributed by atoms with Gasteiger partial charge < -0.3 is 15.0 Å².